The standard InChI is InChI=1S/C14H16ClNOS/c1-2-10-4-5-11(18-10)8-14(17)12-6-3-9(15)7-13(12)16/h3-7,14,17H,2,8,16H2,1H3. The fourth-order valence-corrected chi connectivity index (χ4v) is 3.05. The largest absolute Gasteiger partial charge is 0.398 e. The van der Waals surface area contributed by atoms with E-state index in [2.05, 4.69) is 19.1 Å². The summed E-state index contributed by atoms with van der Waals surface area (Å²) in [5, 5.41) is 10.8. The lowest BCUT2D eigenvalue weighted by Gasteiger charge is -2.12. The Bertz CT molecular complexity index is 538. The Hall–Kier alpha value is -1.03. The highest BCUT2D eigenvalue weighted by atomic mass is 35.5. The molecule has 96 valence electrons. The number of benzene rings is 1. The molecule has 1 heterocycles. The van der Waals surface area contributed by atoms with E-state index in [1.807, 2.05) is 0 Å². The maximum Gasteiger partial charge on any atom is 0.0858 e. The summed E-state index contributed by atoms with van der Waals surface area (Å²) in [6, 6.07) is 9.39. The summed E-state index contributed by atoms with van der Waals surface area (Å²) < 4.78 is 0. The summed E-state index contributed by atoms with van der Waals surface area (Å²) in [5.74, 6) is 0. The second kappa shape index (κ2) is 5.74. The van der Waals surface area contributed by atoms with Crippen LogP contribution in [0.5, 0.6) is 0 Å². The summed E-state index contributed by atoms with van der Waals surface area (Å²) in [7, 11) is 0. The van der Waals surface area contributed by atoms with Crippen molar-refractivity contribution in [1.82, 2.24) is 0 Å². The van der Waals surface area contributed by atoms with Crippen molar-refractivity contribution < 1.29 is 5.11 Å². The highest BCUT2D eigenvalue weighted by Gasteiger charge is 2.13. The van der Waals surface area contributed by atoms with E-state index in [0.29, 0.717) is 17.1 Å². The molecule has 0 bridgehead atoms. The maximum atomic E-state index is 10.2. The lowest BCUT2D eigenvalue weighted by molar-refractivity contribution is 0.180. The summed E-state index contributed by atoms with van der Waals surface area (Å²) in [4.78, 5) is 2.51. The summed E-state index contributed by atoms with van der Waals surface area (Å²) in [5.41, 5.74) is 7.15. The van der Waals surface area contributed by atoms with Crippen LogP contribution in [-0.4, -0.2) is 5.11 Å². The molecule has 0 aliphatic heterocycles. The molecule has 2 aromatic rings. The van der Waals surface area contributed by atoms with Crippen LogP contribution < -0.4 is 5.73 Å². The summed E-state index contributed by atoms with van der Waals surface area (Å²) in [6.07, 6.45) is 1.05. The van der Waals surface area contributed by atoms with Crippen molar-refractivity contribution in [2.24, 2.45) is 0 Å². The first-order valence-electron chi connectivity index (χ1n) is 5.90. The van der Waals surface area contributed by atoms with Gasteiger partial charge < -0.3 is 10.8 Å². The second-order valence-corrected chi connectivity index (χ2v) is 5.90. The molecule has 1 aromatic heterocycles. The van der Waals surface area contributed by atoms with Crippen molar-refractivity contribution in [3.05, 3.63) is 50.7 Å². The van der Waals surface area contributed by atoms with Gasteiger partial charge in [0.25, 0.3) is 0 Å². The Balaban J connectivity index is 2.13. The molecule has 0 saturated heterocycles. The Morgan fingerprint density at radius 2 is 2.00 bits per heavy atom. The average Bonchev–Trinajstić information content (AvgIpc) is 2.76. The van der Waals surface area contributed by atoms with Gasteiger partial charge >= 0.3 is 0 Å². The highest BCUT2D eigenvalue weighted by Crippen LogP contribution is 2.28. The lowest BCUT2D eigenvalue weighted by atomic mass is 10.0. The third kappa shape index (κ3) is 3.05. The van der Waals surface area contributed by atoms with E-state index in [1.165, 1.54) is 9.75 Å². The van der Waals surface area contributed by atoms with Gasteiger partial charge in [0.05, 0.1) is 6.10 Å². The Labute approximate surface area is 116 Å². The molecule has 2 nitrogen and oxygen atoms in total. The molecule has 0 saturated carbocycles. The van der Waals surface area contributed by atoms with Gasteiger partial charge in [0, 0.05) is 32.4 Å². The van der Waals surface area contributed by atoms with Gasteiger partial charge in [-0.3, -0.25) is 0 Å². The quantitative estimate of drug-likeness (QED) is 0.837. The van der Waals surface area contributed by atoms with Crippen LogP contribution in [0.15, 0.2) is 30.3 Å². The fraction of sp³-hybridized carbons (Fsp3) is 0.286. The molecular weight excluding hydrogens is 266 g/mol. The lowest BCUT2D eigenvalue weighted by Crippen LogP contribution is -2.04. The Morgan fingerprint density at radius 1 is 1.28 bits per heavy atom. The van der Waals surface area contributed by atoms with Gasteiger partial charge in [-0.2, -0.15) is 0 Å². The van der Waals surface area contributed by atoms with E-state index in [1.54, 1.807) is 29.5 Å². The number of halogens is 1. The molecule has 2 rings (SSSR count). The Kier molecular flexibility index (Phi) is 4.27. The molecule has 0 aliphatic rings. The molecule has 0 amide bonds. The minimum absolute atomic E-state index is 0.544. The zero-order valence-corrected chi connectivity index (χ0v) is 11.8. The van der Waals surface area contributed by atoms with Crippen molar-refractivity contribution in [2.45, 2.75) is 25.9 Å². The number of rotatable bonds is 4. The van der Waals surface area contributed by atoms with Crippen LogP contribution in [0.2, 0.25) is 5.02 Å². The average molecular weight is 282 g/mol. The van der Waals surface area contributed by atoms with Crippen molar-refractivity contribution in [1.29, 1.82) is 0 Å². The van der Waals surface area contributed by atoms with Gasteiger partial charge in [0.2, 0.25) is 0 Å². The van der Waals surface area contributed by atoms with Gasteiger partial charge in [-0.1, -0.05) is 24.6 Å². The molecule has 0 radical (unpaired) electrons. The van der Waals surface area contributed by atoms with E-state index in [0.717, 1.165) is 12.0 Å². The molecule has 1 aromatic carbocycles. The fourth-order valence-electron chi connectivity index (χ4n) is 1.87. The number of aryl methyl sites for hydroxylation is 1. The first-order valence-corrected chi connectivity index (χ1v) is 7.10. The first kappa shape index (κ1) is 13.4. The van der Waals surface area contributed by atoms with Crippen LogP contribution in [0.4, 0.5) is 5.69 Å². The van der Waals surface area contributed by atoms with Crippen molar-refractivity contribution >= 4 is 28.6 Å². The van der Waals surface area contributed by atoms with Crippen molar-refractivity contribution in [3.63, 3.8) is 0 Å². The summed E-state index contributed by atoms with van der Waals surface area (Å²) in [6.45, 7) is 2.13. The molecule has 18 heavy (non-hydrogen) atoms. The predicted molar refractivity (Wildman–Crippen MR) is 78.2 cm³/mol. The number of nitrogens with two attached hydrogens (primary N) is 1. The number of aliphatic hydroxyl groups is 1. The number of thiophene rings is 1. The van der Waals surface area contributed by atoms with E-state index >= 15 is 0 Å². The maximum absolute atomic E-state index is 10.2. The normalized spacial score (nSPS) is 12.6. The Morgan fingerprint density at radius 3 is 2.61 bits per heavy atom. The number of hydrogen-bond donors (Lipinski definition) is 2. The molecule has 1 atom stereocenters. The van der Waals surface area contributed by atoms with Crippen molar-refractivity contribution in [2.75, 3.05) is 5.73 Å². The molecule has 3 N–H and O–H groups in total. The number of aliphatic hydroxyl groups excluding tert-OH is 1. The van der Waals surface area contributed by atoms with Crippen LogP contribution >= 0.6 is 22.9 Å². The molecule has 1 unspecified atom stereocenters. The first-order chi connectivity index (χ1) is 8.60. The minimum atomic E-state index is -0.578. The molecular formula is C14H16ClNOS. The summed E-state index contributed by atoms with van der Waals surface area (Å²) >= 11 is 7.58. The van der Waals surface area contributed by atoms with Gasteiger partial charge in [-0.05, 0) is 30.7 Å². The van der Waals surface area contributed by atoms with E-state index in [4.69, 9.17) is 17.3 Å². The van der Waals surface area contributed by atoms with E-state index < -0.39 is 6.10 Å². The molecule has 0 aliphatic carbocycles. The predicted octanol–water partition coefficient (Wildman–Crippen LogP) is 3.82. The van der Waals surface area contributed by atoms with E-state index in [-0.39, 0.29) is 0 Å². The number of hydrogen-bond acceptors (Lipinski definition) is 3. The SMILES string of the molecule is CCc1ccc(CC(O)c2ccc(Cl)cc2N)s1. The molecule has 0 spiro atoms. The number of anilines is 1. The zero-order valence-electron chi connectivity index (χ0n) is 10.2. The molecule has 4 heteroatoms. The topological polar surface area (TPSA) is 46.2 Å². The van der Waals surface area contributed by atoms with Crippen molar-refractivity contribution in [3.8, 4) is 0 Å². The third-order valence-electron chi connectivity index (χ3n) is 2.87. The van der Waals surface area contributed by atoms with Gasteiger partial charge in [0.15, 0.2) is 0 Å². The van der Waals surface area contributed by atoms with Gasteiger partial charge in [-0.25, -0.2) is 0 Å². The minimum Gasteiger partial charge on any atom is -0.398 e. The van der Waals surface area contributed by atoms with E-state index in [9.17, 15) is 5.11 Å². The molecule has 0 fully saturated rings. The zero-order chi connectivity index (χ0) is 13.1. The van der Waals surface area contributed by atoms with Gasteiger partial charge in [0.1, 0.15) is 0 Å². The van der Waals surface area contributed by atoms with Crippen LogP contribution in [0.1, 0.15) is 28.3 Å². The van der Waals surface area contributed by atoms with Gasteiger partial charge in [-0.15, -0.1) is 11.3 Å². The number of nitrogen functional groups attached to an aromatic ring is 1. The van der Waals surface area contributed by atoms with Crippen LogP contribution in [0.25, 0.3) is 0 Å². The highest BCUT2D eigenvalue weighted by molar-refractivity contribution is 7.11. The second-order valence-electron chi connectivity index (χ2n) is 4.21. The smallest absolute Gasteiger partial charge is 0.0858 e. The third-order valence-corrected chi connectivity index (χ3v) is 4.36. The van der Waals surface area contributed by atoms with Crippen LogP contribution in [-0.2, 0) is 12.8 Å². The van der Waals surface area contributed by atoms with Crippen LogP contribution in [0.3, 0.4) is 0 Å². The van der Waals surface area contributed by atoms with Crippen LogP contribution in [0, 0.1) is 0 Å². The monoisotopic (exact) mass is 281 g/mol.